The Kier molecular flexibility index (Phi) is 2.87. The maximum atomic E-state index is 3.40. The third-order valence-corrected chi connectivity index (χ3v) is 3.77. The van der Waals surface area contributed by atoms with E-state index in [1.807, 2.05) is 0 Å². The molecule has 0 spiro atoms. The molecule has 2 N–H and O–H groups in total. The van der Waals surface area contributed by atoms with Gasteiger partial charge in [-0.15, -0.1) is 0 Å². The number of nitrogens with one attached hydrogen (secondary N) is 2. The second-order valence-electron chi connectivity index (χ2n) is 4.75. The van der Waals surface area contributed by atoms with Crippen LogP contribution < -0.4 is 5.32 Å². The molecule has 17 heavy (non-hydrogen) atoms. The van der Waals surface area contributed by atoms with Crippen LogP contribution in [0.4, 0.5) is 0 Å². The van der Waals surface area contributed by atoms with Gasteiger partial charge < -0.3 is 10.3 Å². The van der Waals surface area contributed by atoms with E-state index in [9.17, 15) is 0 Å². The molecule has 0 aliphatic carbocycles. The number of aromatic nitrogens is 1. The highest BCUT2D eigenvalue weighted by Crippen LogP contribution is 2.27. The molecule has 1 fully saturated rings. The largest absolute Gasteiger partial charge is 0.361 e. The Balaban J connectivity index is 1.92. The van der Waals surface area contributed by atoms with E-state index < -0.39 is 0 Å². The van der Waals surface area contributed by atoms with E-state index in [1.165, 1.54) is 16.5 Å². The summed E-state index contributed by atoms with van der Waals surface area (Å²) in [5, 5.41) is 4.76. The van der Waals surface area contributed by atoms with Crippen LogP contribution in [0.1, 0.15) is 18.5 Å². The number of H-pyrrole nitrogens is 1. The lowest BCUT2D eigenvalue weighted by atomic mass is 10.1. The molecular weight excluding hydrogens is 210 g/mol. The van der Waals surface area contributed by atoms with Gasteiger partial charge in [-0.05, 0) is 18.6 Å². The van der Waals surface area contributed by atoms with Gasteiger partial charge in [0.05, 0.1) is 0 Å². The maximum Gasteiger partial charge on any atom is 0.0457 e. The number of fused-ring (bicyclic) bond motifs is 1. The van der Waals surface area contributed by atoms with Gasteiger partial charge in [0.1, 0.15) is 0 Å². The van der Waals surface area contributed by atoms with Gasteiger partial charge in [0.15, 0.2) is 0 Å². The minimum Gasteiger partial charge on any atom is -0.361 e. The Morgan fingerprint density at radius 3 is 2.76 bits per heavy atom. The Labute approximate surface area is 102 Å². The molecule has 3 nitrogen and oxygen atoms in total. The highest BCUT2D eigenvalue weighted by atomic mass is 15.2. The smallest absolute Gasteiger partial charge is 0.0457 e. The lowest BCUT2D eigenvalue weighted by Gasteiger charge is -2.32. The Hall–Kier alpha value is -1.32. The van der Waals surface area contributed by atoms with Crippen molar-refractivity contribution in [3.63, 3.8) is 0 Å². The minimum atomic E-state index is 0.494. The second-order valence-corrected chi connectivity index (χ2v) is 4.75. The summed E-state index contributed by atoms with van der Waals surface area (Å²) in [6, 6.07) is 9.04. The van der Waals surface area contributed by atoms with Gasteiger partial charge in [-0.25, -0.2) is 0 Å². The minimum absolute atomic E-state index is 0.494. The van der Waals surface area contributed by atoms with E-state index in [0.29, 0.717) is 6.04 Å². The second kappa shape index (κ2) is 4.51. The van der Waals surface area contributed by atoms with E-state index in [-0.39, 0.29) is 0 Å². The number of piperazine rings is 1. The van der Waals surface area contributed by atoms with Crippen molar-refractivity contribution >= 4 is 10.9 Å². The molecule has 0 radical (unpaired) electrons. The molecule has 2 aromatic rings. The van der Waals surface area contributed by atoms with Crippen molar-refractivity contribution in [3.8, 4) is 0 Å². The third-order valence-electron chi connectivity index (χ3n) is 3.77. The van der Waals surface area contributed by atoms with Crippen LogP contribution in [0.2, 0.25) is 0 Å². The van der Waals surface area contributed by atoms with Crippen LogP contribution in [0.5, 0.6) is 0 Å². The molecule has 1 atom stereocenters. The fourth-order valence-electron chi connectivity index (χ4n) is 2.71. The normalized spacial score (nSPS) is 19.6. The zero-order chi connectivity index (χ0) is 11.7. The number of nitrogens with zero attached hydrogens (tertiary/aromatic N) is 1. The van der Waals surface area contributed by atoms with E-state index in [0.717, 1.165) is 26.2 Å². The van der Waals surface area contributed by atoms with Gasteiger partial charge in [0.25, 0.3) is 0 Å². The number of para-hydroxylation sites is 1. The summed E-state index contributed by atoms with van der Waals surface area (Å²) >= 11 is 0. The lowest BCUT2D eigenvalue weighted by molar-refractivity contribution is 0.186. The van der Waals surface area contributed by atoms with Crippen molar-refractivity contribution in [2.45, 2.75) is 13.0 Å². The molecule has 3 rings (SSSR count). The number of benzene rings is 1. The zero-order valence-electron chi connectivity index (χ0n) is 10.2. The standard InChI is InChI=1S/C14H19N3/c1-11(17-8-6-15-7-9-17)13-10-16-14-5-3-2-4-12(13)14/h2-5,10-11,15-16H,6-9H2,1H3/t11-/m0/s1. The van der Waals surface area contributed by atoms with Gasteiger partial charge in [0, 0.05) is 49.3 Å². The predicted molar refractivity (Wildman–Crippen MR) is 71.2 cm³/mol. The van der Waals surface area contributed by atoms with Gasteiger partial charge in [-0.2, -0.15) is 0 Å². The molecule has 0 unspecified atom stereocenters. The molecule has 0 saturated carbocycles. The average Bonchev–Trinajstić information content (AvgIpc) is 2.83. The van der Waals surface area contributed by atoms with Crippen LogP contribution in [0, 0.1) is 0 Å². The number of hydrogen-bond donors (Lipinski definition) is 2. The molecule has 3 heteroatoms. The first-order valence-corrected chi connectivity index (χ1v) is 6.37. The summed E-state index contributed by atoms with van der Waals surface area (Å²) in [5.41, 5.74) is 2.66. The summed E-state index contributed by atoms with van der Waals surface area (Å²) in [6.07, 6.45) is 2.16. The highest BCUT2D eigenvalue weighted by molar-refractivity contribution is 5.83. The predicted octanol–water partition coefficient (Wildman–Crippen LogP) is 2.13. The van der Waals surface area contributed by atoms with Crippen molar-refractivity contribution in [3.05, 3.63) is 36.0 Å². The summed E-state index contributed by atoms with van der Waals surface area (Å²) in [4.78, 5) is 5.91. The van der Waals surface area contributed by atoms with Crippen LogP contribution >= 0.6 is 0 Å². The summed E-state index contributed by atoms with van der Waals surface area (Å²) < 4.78 is 0. The molecule has 1 saturated heterocycles. The maximum absolute atomic E-state index is 3.40. The van der Waals surface area contributed by atoms with E-state index in [1.54, 1.807) is 0 Å². The van der Waals surface area contributed by atoms with Crippen LogP contribution in [0.3, 0.4) is 0 Å². The molecule has 90 valence electrons. The van der Waals surface area contributed by atoms with Gasteiger partial charge >= 0.3 is 0 Å². The van der Waals surface area contributed by atoms with Gasteiger partial charge in [-0.3, -0.25) is 4.90 Å². The molecule has 1 aliphatic rings. The third kappa shape index (κ3) is 1.96. The van der Waals surface area contributed by atoms with E-state index >= 15 is 0 Å². The zero-order valence-corrected chi connectivity index (χ0v) is 10.2. The van der Waals surface area contributed by atoms with Crippen LogP contribution in [-0.4, -0.2) is 36.1 Å². The number of rotatable bonds is 2. The first-order chi connectivity index (χ1) is 8.36. The molecule has 1 aromatic carbocycles. The molecule has 1 aromatic heterocycles. The Morgan fingerprint density at radius 2 is 1.94 bits per heavy atom. The monoisotopic (exact) mass is 229 g/mol. The quantitative estimate of drug-likeness (QED) is 0.826. The van der Waals surface area contributed by atoms with E-state index in [2.05, 4.69) is 52.6 Å². The van der Waals surface area contributed by atoms with Crippen LogP contribution in [-0.2, 0) is 0 Å². The van der Waals surface area contributed by atoms with Crippen molar-refractivity contribution in [2.75, 3.05) is 26.2 Å². The lowest BCUT2D eigenvalue weighted by Crippen LogP contribution is -2.44. The summed E-state index contributed by atoms with van der Waals surface area (Å²) in [6.45, 7) is 6.79. The Bertz CT molecular complexity index is 497. The topological polar surface area (TPSA) is 31.1 Å². The molecular formula is C14H19N3. The highest BCUT2D eigenvalue weighted by Gasteiger charge is 2.19. The SMILES string of the molecule is C[C@@H](c1c[nH]c2ccccc12)N1CCNCC1. The first-order valence-electron chi connectivity index (χ1n) is 6.37. The first kappa shape index (κ1) is 10.8. The van der Waals surface area contributed by atoms with Crippen LogP contribution in [0.25, 0.3) is 10.9 Å². The van der Waals surface area contributed by atoms with Crippen molar-refractivity contribution in [1.82, 2.24) is 15.2 Å². The number of aromatic amines is 1. The molecule has 1 aliphatic heterocycles. The summed E-state index contributed by atoms with van der Waals surface area (Å²) in [5.74, 6) is 0. The van der Waals surface area contributed by atoms with Crippen molar-refractivity contribution < 1.29 is 0 Å². The summed E-state index contributed by atoms with van der Waals surface area (Å²) in [7, 11) is 0. The Morgan fingerprint density at radius 1 is 1.18 bits per heavy atom. The van der Waals surface area contributed by atoms with Gasteiger partial charge in [0.2, 0.25) is 0 Å². The number of hydrogen-bond acceptors (Lipinski definition) is 2. The average molecular weight is 229 g/mol. The van der Waals surface area contributed by atoms with Gasteiger partial charge in [-0.1, -0.05) is 18.2 Å². The van der Waals surface area contributed by atoms with Crippen LogP contribution in [0.15, 0.2) is 30.5 Å². The van der Waals surface area contributed by atoms with Crippen molar-refractivity contribution in [1.29, 1.82) is 0 Å². The van der Waals surface area contributed by atoms with Crippen molar-refractivity contribution in [2.24, 2.45) is 0 Å². The molecule has 0 amide bonds. The van der Waals surface area contributed by atoms with E-state index in [4.69, 9.17) is 0 Å². The fourth-order valence-corrected chi connectivity index (χ4v) is 2.71. The molecule has 0 bridgehead atoms. The fraction of sp³-hybridized carbons (Fsp3) is 0.429. The molecule has 2 heterocycles.